The van der Waals surface area contributed by atoms with Gasteiger partial charge in [-0.25, -0.2) is 0 Å². The maximum absolute atomic E-state index is 12.6. The van der Waals surface area contributed by atoms with Gasteiger partial charge in [-0.3, -0.25) is 4.79 Å². The number of hydrogen-bond acceptors (Lipinski definition) is 1. The molecule has 2 aromatic rings. The summed E-state index contributed by atoms with van der Waals surface area (Å²) in [6.07, 6.45) is 7.34. The van der Waals surface area contributed by atoms with Gasteiger partial charge in [0, 0.05) is 16.1 Å². The normalized spacial score (nSPS) is 33.9. The smallest absolute Gasteiger partial charge is 0.255 e. The number of alkyl halides is 1. The lowest BCUT2D eigenvalue weighted by molar-refractivity contribution is 0.00900. The summed E-state index contributed by atoms with van der Waals surface area (Å²) in [6, 6.07) is 16.1. The Bertz CT molecular complexity index is 877. The SMILES string of the molecule is Cc1ccc(C23CC4CC(CC(Cl)(C4)C2)C3)cc1NC(=O)c1ccccc1. The van der Waals surface area contributed by atoms with Gasteiger partial charge in [-0.05, 0) is 92.0 Å². The van der Waals surface area contributed by atoms with Gasteiger partial charge in [0.25, 0.3) is 5.91 Å². The third-order valence-electron chi connectivity index (χ3n) is 7.12. The molecule has 2 aromatic carbocycles. The number of rotatable bonds is 3. The number of aryl methyl sites for hydroxylation is 1. The van der Waals surface area contributed by atoms with Crippen LogP contribution in [0.5, 0.6) is 0 Å². The van der Waals surface area contributed by atoms with E-state index in [0.717, 1.165) is 29.5 Å². The van der Waals surface area contributed by atoms with Gasteiger partial charge in [0.1, 0.15) is 0 Å². The first kappa shape index (κ1) is 17.3. The van der Waals surface area contributed by atoms with Crippen molar-refractivity contribution >= 4 is 23.2 Å². The first-order valence-corrected chi connectivity index (χ1v) is 10.5. The van der Waals surface area contributed by atoms with Crippen molar-refractivity contribution in [3.63, 3.8) is 0 Å². The number of benzene rings is 2. The van der Waals surface area contributed by atoms with E-state index in [0.29, 0.717) is 5.56 Å². The zero-order valence-electron chi connectivity index (χ0n) is 15.8. The number of nitrogens with one attached hydrogen (secondary N) is 1. The van der Waals surface area contributed by atoms with E-state index in [1.807, 2.05) is 30.3 Å². The third kappa shape index (κ3) is 2.99. The average Bonchev–Trinajstić information content (AvgIpc) is 2.62. The molecule has 4 fully saturated rings. The number of halogens is 1. The number of hydrogen-bond donors (Lipinski definition) is 1. The Kier molecular flexibility index (Phi) is 3.91. The fourth-order valence-corrected chi connectivity index (χ4v) is 7.05. The van der Waals surface area contributed by atoms with Crippen molar-refractivity contribution in [2.45, 2.75) is 55.7 Å². The van der Waals surface area contributed by atoms with Crippen molar-refractivity contribution in [2.24, 2.45) is 11.8 Å². The van der Waals surface area contributed by atoms with Crippen LogP contribution in [-0.2, 0) is 5.41 Å². The van der Waals surface area contributed by atoms with E-state index >= 15 is 0 Å². The molecule has 4 bridgehead atoms. The summed E-state index contributed by atoms with van der Waals surface area (Å²) >= 11 is 7.04. The molecule has 0 heterocycles. The fraction of sp³-hybridized carbons (Fsp3) is 0.458. The monoisotopic (exact) mass is 379 g/mol. The molecule has 2 unspecified atom stereocenters. The predicted molar refractivity (Wildman–Crippen MR) is 111 cm³/mol. The van der Waals surface area contributed by atoms with E-state index < -0.39 is 0 Å². The lowest BCUT2D eigenvalue weighted by Gasteiger charge is -2.60. The summed E-state index contributed by atoms with van der Waals surface area (Å²) in [4.78, 5) is 12.6. The second-order valence-electron chi connectivity index (χ2n) is 9.24. The molecule has 0 aromatic heterocycles. The van der Waals surface area contributed by atoms with Crippen molar-refractivity contribution < 1.29 is 4.79 Å². The van der Waals surface area contributed by atoms with Gasteiger partial charge >= 0.3 is 0 Å². The predicted octanol–water partition coefficient (Wildman–Crippen LogP) is 6.08. The Morgan fingerprint density at radius 2 is 1.74 bits per heavy atom. The third-order valence-corrected chi connectivity index (χ3v) is 7.57. The van der Waals surface area contributed by atoms with Gasteiger partial charge < -0.3 is 5.32 Å². The van der Waals surface area contributed by atoms with Crippen molar-refractivity contribution in [1.82, 2.24) is 0 Å². The van der Waals surface area contributed by atoms with Crippen LogP contribution in [0.25, 0.3) is 0 Å². The molecule has 4 aliphatic rings. The van der Waals surface area contributed by atoms with E-state index in [4.69, 9.17) is 11.6 Å². The Morgan fingerprint density at radius 3 is 2.41 bits per heavy atom. The molecule has 0 saturated heterocycles. The highest BCUT2D eigenvalue weighted by atomic mass is 35.5. The van der Waals surface area contributed by atoms with E-state index in [2.05, 4.69) is 30.4 Å². The van der Waals surface area contributed by atoms with Gasteiger partial charge in [-0.15, -0.1) is 11.6 Å². The zero-order valence-corrected chi connectivity index (χ0v) is 16.6. The van der Waals surface area contributed by atoms with Crippen LogP contribution < -0.4 is 5.32 Å². The quantitative estimate of drug-likeness (QED) is 0.643. The van der Waals surface area contributed by atoms with Gasteiger partial charge in [0.05, 0.1) is 0 Å². The molecule has 0 aliphatic heterocycles. The molecule has 0 radical (unpaired) electrons. The average molecular weight is 380 g/mol. The van der Waals surface area contributed by atoms with E-state index in [9.17, 15) is 4.79 Å². The Hall–Kier alpha value is -1.80. The molecule has 4 saturated carbocycles. The molecule has 2 nitrogen and oxygen atoms in total. The van der Waals surface area contributed by atoms with Gasteiger partial charge in [0.2, 0.25) is 0 Å². The molecule has 140 valence electrons. The molecule has 4 aliphatic carbocycles. The van der Waals surface area contributed by atoms with Crippen LogP contribution >= 0.6 is 11.6 Å². The summed E-state index contributed by atoms with van der Waals surface area (Å²) in [5, 5.41) is 3.14. The molecule has 2 atom stereocenters. The maximum Gasteiger partial charge on any atom is 0.255 e. The highest BCUT2D eigenvalue weighted by molar-refractivity contribution is 6.24. The molecule has 3 heteroatoms. The van der Waals surface area contributed by atoms with E-state index in [1.54, 1.807) is 0 Å². The molecule has 1 amide bonds. The second kappa shape index (κ2) is 6.10. The molecule has 1 N–H and O–H groups in total. The van der Waals surface area contributed by atoms with Crippen LogP contribution in [0.2, 0.25) is 0 Å². The molecular formula is C24H26ClNO. The highest BCUT2D eigenvalue weighted by Gasteiger charge is 2.57. The maximum atomic E-state index is 12.6. The van der Waals surface area contributed by atoms with Crippen LogP contribution in [0, 0.1) is 18.8 Å². The summed E-state index contributed by atoms with van der Waals surface area (Å²) in [5.41, 5.74) is 4.30. The van der Waals surface area contributed by atoms with E-state index in [-0.39, 0.29) is 16.2 Å². The summed E-state index contributed by atoms with van der Waals surface area (Å²) in [7, 11) is 0. The minimum atomic E-state index is -0.0461. The molecule has 27 heavy (non-hydrogen) atoms. The largest absolute Gasteiger partial charge is 0.322 e. The van der Waals surface area contributed by atoms with Crippen LogP contribution in [0.1, 0.15) is 60.0 Å². The Balaban J connectivity index is 1.47. The lowest BCUT2D eigenvalue weighted by atomic mass is 9.47. The van der Waals surface area contributed by atoms with Gasteiger partial charge in [-0.2, -0.15) is 0 Å². The summed E-state index contributed by atoms with van der Waals surface area (Å²) in [6.45, 7) is 2.06. The summed E-state index contributed by atoms with van der Waals surface area (Å²) < 4.78 is 0. The van der Waals surface area contributed by atoms with Crippen LogP contribution in [0.15, 0.2) is 48.5 Å². The van der Waals surface area contributed by atoms with Gasteiger partial charge in [-0.1, -0.05) is 30.3 Å². The molecule has 0 spiro atoms. The fourth-order valence-electron chi connectivity index (χ4n) is 6.36. The molecule has 6 rings (SSSR count). The first-order valence-electron chi connectivity index (χ1n) is 10.1. The first-order chi connectivity index (χ1) is 12.9. The van der Waals surface area contributed by atoms with Crippen LogP contribution in [0.3, 0.4) is 0 Å². The molecular weight excluding hydrogens is 354 g/mol. The number of carbonyl (C=O) groups is 1. The standard InChI is InChI=1S/C24H26ClNO/c1-16-7-8-20(10-21(16)26-22(27)19-5-3-2-4-6-19)23-11-17-9-18(12-23)14-24(25,13-17)15-23/h2-8,10,17-18H,9,11-15H2,1H3,(H,26,27). The lowest BCUT2D eigenvalue weighted by Crippen LogP contribution is -2.55. The number of amides is 1. The van der Waals surface area contributed by atoms with Crippen molar-refractivity contribution in [1.29, 1.82) is 0 Å². The summed E-state index contributed by atoms with van der Waals surface area (Å²) in [5.74, 6) is 1.50. The number of carbonyl (C=O) groups excluding carboxylic acids is 1. The van der Waals surface area contributed by atoms with Gasteiger partial charge in [0.15, 0.2) is 0 Å². The Morgan fingerprint density at radius 1 is 1.04 bits per heavy atom. The minimum absolute atomic E-state index is 0.00240. The topological polar surface area (TPSA) is 29.1 Å². The van der Waals surface area contributed by atoms with Crippen molar-refractivity contribution in [3.05, 3.63) is 65.2 Å². The van der Waals surface area contributed by atoms with Crippen molar-refractivity contribution in [3.8, 4) is 0 Å². The highest BCUT2D eigenvalue weighted by Crippen LogP contribution is 2.64. The minimum Gasteiger partial charge on any atom is -0.322 e. The van der Waals surface area contributed by atoms with Crippen LogP contribution in [-0.4, -0.2) is 10.8 Å². The Labute approximate surface area is 166 Å². The van der Waals surface area contributed by atoms with Crippen molar-refractivity contribution in [2.75, 3.05) is 5.32 Å². The number of anilines is 1. The van der Waals surface area contributed by atoms with Crippen LogP contribution in [0.4, 0.5) is 5.69 Å². The zero-order chi connectivity index (χ0) is 18.6. The van der Waals surface area contributed by atoms with E-state index in [1.165, 1.54) is 37.7 Å². The second-order valence-corrected chi connectivity index (χ2v) is 10.0.